The summed E-state index contributed by atoms with van der Waals surface area (Å²) in [6.07, 6.45) is 1.37. The molecule has 0 amide bonds. The monoisotopic (exact) mass is 101 g/mol. The van der Waals surface area contributed by atoms with E-state index in [9.17, 15) is 0 Å². The summed E-state index contributed by atoms with van der Waals surface area (Å²) in [4.78, 5) is 0. The molecule has 1 radical (unpaired) electrons. The first kappa shape index (κ1) is 3.55. The molecule has 6 heavy (non-hydrogen) atoms. The summed E-state index contributed by atoms with van der Waals surface area (Å²) in [6, 6.07) is 0. The van der Waals surface area contributed by atoms with Gasteiger partial charge in [0.15, 0.2) is 0 Å². The van der Waals surface area contributed by atoms with E-state index in [1.165, 1.54) is 6.20 Å². The topological polar surface area (TPSA) is 38.9 Å². The molecule has 0 bridgehead atoms. The fourth-order valence-electron chi connectivity index (χ4n) is 0.158. The van der Waals surface area contributed by atoms with Gasteiger partial charge in [0.05, 0.1) is 0 Å². The van der Waals surface area contributed by atoms with Gasteiger partial charge in [0.1, 0.15) is 6.20 Å². The van der Waals surface area contributed by atoms with Crippen LogP contribution >= 0.6 is 12.6 Å². The largest absolute Gasteiger partial charge is 0.325 e. The van der Waals surface area contributed by atoms with Crippen LogP contribution in [0.2, 0.25) is 0 Å². The molecule has 1 aromatic rings. The van der Waals surface area contributed by atoms with Gasteiger partial charge >= 0.3 is 0 Å². The van der Waals surface area contributed by atoms with Crippen LogP contribution in [0.5, 0.6) is 0 Å². The molecule has 1 heterocycles. The van der Waals surface area contributed by atoms with Crippen molar-refractivity contribution in [3.05, 3.63) is 6.20 Å². The minimum atomic E-state index is 0.329. The third kappa shape index (κ3) is 0.463. The fraction of sp³-hybridized carbons (Fsp3) is 0. The Morgan fingerprint density at radius 2 is 2.67 bits per heavy atom. The molecule has 0 aliphatic rings. The molecule has 0 spiro atoms. The van der Waals surface area contributed by atoms with Crippen molar-refractivity contribution < 1.29 is 4.52 Å². The van der Waals surface area contributed by atoms with Crippen molar-refractivity contribution in [2.24, 2.45) is 0 Å². The Kier molecular flexibility index (Phi) is 0.719. The van der Waals surface area contributed by atoms with E-state index in [4.69, 9.17) is 0 Å². The van der Waals surface area contributed by atoms with Crippen molar-refractivity contribution in [3.63, 3.8) is 0 Å². The smallest absolute Gasteiger partial charge is 0.243 e. The van der Waals surface area contributed by atoms with Crippen LogP contribution in [0.3, 0.4) is 0 Å². The van der Waals surface area contributed by atoms with Gasteiger partial charge < -0.3 is 4.52 Å². The Bertz CT molecular complexity index is 115. The standard InChI is InChI=1S/C2HN2OS/c6-2-1-3-4-5-2/h1H. The van der Waals surface area contributed by atoms with Crippen LogP contribution in [0.25, 0.3) is 0 Å². The Labute approximate surface area is 39.7 Å². The van der Waals surface area contributed by atoms with Gasteiger partial charge in [-0.05, 0) is 12.6 Å². The summed E-state index contributed by atoms with van der Waals surface area (Å²) in [5.41, 5.74) is 0. The normalized spacial score (nSPS) is 8.67. The van der Waals surface area contributed by atoms with Gasteiger partial charge in [0.25, 0.3) is 0 Å². The molecule has 3 nitrogen and oxygen atoms in total. The summed E-state index contributed by atoms with van der Waals surface area (Å²) in [6.45, 7) is 0. The Morgan fingerprint density at radius 3 is 2.83 bits per heavy atom. The predicted octanol–water partition coefficient (Wildman–Crippen LogP) is 0.626. The fourth-order valence-corrected chi connectivity index (χ4v) is 0.239. The highest BCUT2D eigenvalue weighted by Crippen LogP contribution is 1.95. The van der Waals surface area contributed by atoms with Crippen LogP contribution in [-0.4, -0.2) is 10.4 Å². The maximum absolute atomic E-state index is 4.45. The van der Waals surface area contributed by atoms with E-state index < -0.39 is 0 Å². The van der Waals surface area contributed by atoms with E-state index in [1.807, 2.05) is 0 Å². The number of aromatic nitrogens is 2. The van der Waals surface area contributed by atoms with E-state index in [0.717, 1.165) is 0 Å². The zero-order valence-corrected chi connectivity index (χ0v) is 3.60. The van der Waals surface area contributed by atoms with Crippen molar-refractivity contribution in [2.45, 2.75) is 5.09 Å². The lowest BCUT2D eigenvalue weighted by atomic mass is 11.0. The lowest BCUT2D eigenvalue weighted by molar-refractivity contribution is 0.332. The van der Waals surface area contributed by atoms with E-state index in [-0.39, 0.29) is 0 Å². The molecule has 0 aliphatic heterocycles. The van der Waals surface area contributed by atoms with Crippen molar-refractivity contribution in [2.75, 3.05) is 0 Å². The summed E-state index contributed by atoms with van der Waals surface area (Å²) < 4.78 is 4.29. The minimum Gasteiger partial charge on any atom is -0.325 e. The van der Waals surface area contributed by atoms with Gasteiger partial charge in [-0.3, -0.25) is 0 Å². The summed E-state index contributed by atoms with van der Waals surface area (Å²) in [5, 5.41) is 6.72. The van der Waals surface area contributed by atoms with Crippen LogP contribution < -0.4 is 0 Å². The molecule has 0 unspecified atom stereocenters. The molecule has 31 valence electrons. The molecule has 0 aromatic carbocycles. The quantitative estimate of drug-likeness (QED) is 0.481. The molecule has 0 N–H and O–H groups in total. The van der Waals surface area contributed by atoms with Crippen LogP contribution in [0.1, 0.15) is 0 Å². The number of hydrogen-bond donors (Lipinski definition) is 0. The van der Waals surface area contributed by atoms with Crippen LogP contribution in [0, 0.1) is 0 Å². The van der Waals surface area contributed by atoms with Gasteiger partial charge in [-0.25, -0.2) is 0 Å². The van der Waals surface area contributed by atoms with Gasteiger partial charge in [-0.15, -0.1) is 5.10 Å². The van der Waals surface area contributed by atoms with E-state index >= 15 is 0 Å². The zero-order chi connectivity index (χ0) is 4.41. The molecule has 0 saturated heterocycles. The Balaban J connectivity index is 3.05. The van der Waals surface area contributed by atoms with Gasteiger partial charge in [0.2, 0.25) is 5.09 Å². The molecular formula is C2HN2OS. The molecule has 0 aliphatic carbocycles. The van der Waals surface area contributed by atoms with Crippen LogP contribution in [0.4, 0.5) is 0 Å². The van der Waals surface area contributed by atoms with Crippen LogP contribution in [-0.2, 0) is 0 Å². The first-order chi connectivity index (χ1) is 2.89. The number of hydrogen-bond acceptors (Lipinski definition) is 3. The van der Waals surface area contributed by atoms with E-state index in [0.29, 0.717) is 5.09 Å². The van der Waals surface area contributed by atoms with Gasteiger partial charge in [0, 0.05) is 5.27 Å². The second kappa shape index (κ2) is 1.22. The average Bonchev–Trinajstić information content (AvgIpc) is 1.86. The number of rotatable bonds is 0. The second-order valence-electron chi connectivity index (χ2n) is 0.737. The predicted molar refractivity (Wildman–Crippen MR) is 20.2 cm³/mol. The summed E-state index contributed by atoms with van der Waals surface area (Å²) in [5.74, 6) is 0. The molecule has 1 aromatic heterocycles. The van der Waals surface area contributed by atoms with Crippen molar-refractivity contribution in [1.82, 2.24) is 10.4 Å². The molecule has 0 fully saturated rings. The lowest BCUT2D eigenvalue weighted by Crippen LogP contribution is -1.53. The van der Waals surface area contributed by atoms with Crippen LogP contribution in [0.15, 0.2) is 15.8 Å². The first-order valence-electron chi connectivity index (χ1n) is 1.34. The van der Waals surface area contributed by atoms with Crippen molar-refractivity contribution >= 4 is 12.6 Å². The molecule has 1 rings (SSSR count). The highest BCUT2D eigenvalue weighted by atomic mass is 32.1. The number of nitrogens with zero attached hydrogens (tertiary/aromatic N) is 2. The van der Waals surface area contributed by atoms with Crippen molar-refractivity contribution in [1.29, 1.82) is 0 Å². The van der Waals surface area contributed by atoms with Crippen molar-refractivity contribution in [3.8, 4) is 0 Å². The minimum absolute atomic E-state index is 0.329. The Morgan fingerprint density at radius 1 is 1.83 bits per heavy atom. The molecule has 0 atom stereocenters. The van der Waals surface area contributed by atoms with E-state index in [1.54, 1.807) is 0 Å². The third-order valence-corrected chi connectivity index (χ3v) is 0.521. The molecule has 0 saturated carbocycles. The lowest BCUT2D eigenvalue weighted by Gasteiger charge is -1.58. The Hall–Kier alpha value is -0.640. The zero-order valence-electron chi connectivity index (χ0n) is 2.79. The molecule has 4 heteroatoms. The SMILES string of the molecule is [S]c1cnno1. The van der Waals surface area contributed by atoms with Gasteiger partial charge in [-0.2, -0.15) is 0 Å². The van der Waals surface area contributed by atoms with Gasteiger partial charge in [-0.1, -0.05) is 0 Å². The summed E-state index contributed by atoms with van der Waals surface area (Å²) in [7, 11) is 0. The highest BCUT2D eigenvalue weighted by molar-refractivity contribution is 7.80. The third-order valence-electron chi connectivity index (χ3n) is 0.341. The molecular weight excluding hydrogens is 100 g/mol. The highest BCUT2D eigenvalue weighted by Gasteiger charge is 1.83. The summed E-state index contributed by atoms with van der Waals surface area (Å²) >= 11 is 4.45. The maximum Gasteiger partial charge on any atom is 0.243 e. The maximum atomic E-state index is 4.45. The van der Waals surface area contributed by atoms with E-state index in [2.05, 4.69) is 27.5 Å². The first-order valence-corrected chi connectivity index (χ1v) is 1.75. The average molecular weight is 101 g/mol. The second-order valence-corrected chi connectivity index (χ2v) is 1.14.